The fraction of sp³-hybridized carbons (Fsp3) is 0.235. The molecular weight excluding hydrogens is 312 g/mol. The lowest BCUT2D eigenvalue weighted by Gasteiger charge is -2.07. The molecule has 124 valence electrons. The van der Waals surface area contributed by atoms with Crippen LogP contribution in [0.1, 0.15) is 17.4 Å². The highest BCUT2D eigenvalue weighted by atomic mass is 32.2. The van der Waals surface area contributed by atoms with Crippen molar-refractivity contribution in [3.05, 3.63) is 65.7 Å². The summed E-state index contributed by atoms with van der Waals surface area (Å²) in [6.45, 7) is 0.596. The Labute approximate surface area is 140 Å². The predicted molar refractivity (Wildman–Crippen MR) is 93.1 cm³/mol. The lowest BCUT2D eigenvalue weighted by atomic mass is 10.1. The van der Waals surface area contributed by atoms with Gasteiger partial charge in [-0.15, -0.1) is 11.8 Å². The van der Waals surface area contributed by atoms with Gasteiger partial charge < -0.3 is 21.6 Å². The second-order valence-corrected chi connectivity index (χ2v) is 5.94. The maximum atomic E-state index is 11.8. The van der Waals surface area contributed by atoms with Gasteiger partial charge in [0.2, 0.25) is 5.91 Å². The van der Waals surface area contributed by atoms with Crippen LogP contribution in [0.25, 0.3) is 0 Å². The number of aliphatic hydroxyl groups is 1. The Bertz CT molecular complexity index is 589. The molecule has 0 spiro atoms. The van der Waals surface area contributed by atoms with Crippen LogP contribution >= 0.6 is 11.8 Å². The highest BCUT2D eigenvalue weighted by Gasteiger charge is 2.03. The number of rotatable bonds is 7. The Balaban J connectivity index is 0.00000264. The molecule has 2 aromatic rings. The molecule has 5 nitrogen and oxygen atoms in total. The van der Waals surface area contributed by atoms with E-state index in [0.29, 0.717) is 17.9 Å². The van der Waals surface area contributed by atoms with Crippen molar-refractivity contribution in [3.63, 3.8) is 0 Å². The van der Waals surface area contributed by atoms with E-state index in [2.05, 4.69) is 5.32 Å². The number of hydrogen-bond acceptors (Lipinski definition) is 4. The van der Waals surface area contributed by atoms with Gasteiger partial charge in [0.1, 0.15) is 6.23 Å². The van der Waals surface area contributed by atoms with Gasteiger partial charge in [0.15, 0.2) is 0 Å². The molecule has 0 saturated heterocycles. The molecule has 0 aromatic heterocycles. The number of nitrogens with one attached hydrogen (secondary N) is 1. The summed E-state index contributed by atoms with van der Waals surface area (Å²) in [5, 5.41) is 12.1. The van der Waals surface area contributed by atoms with E-state index in [1.165, 1.54) is 11.8 Å². The molecule has 0 aliphatic carbocycles. The van der Waals surface area contributed by atoms with Crippen LogP contribution in [-0.2, 0) is 11.2 Å². The predicted octanol–water partition coefficient (Wildman–Crippen LogP) is 1.26. The second kappa shape index (κ2) is 10.0. The Kier molecular flexibility index (Phi) is 8.36. The van der Waals surface area contributed by atoms with Gasteiger partial charge in [0.25, 0.3) is 0 Å². The van der Waals surface area contributed by atoms with Crippen molar-refractivity contribution < 1.29 is 15.4 Å². The molecule has 1 unspecified atom stereocenters. The van der Waals surface area contributed by atoms with Gasteiger partial charge in [-0.3, -0.25) is 4.79 Å². The molecule has 2 rings (SSSR count). The van der Waals surface area contributed by atoms with Gasteiger partial charge in [-0.1, -0.05) is 42.5 Å². The van der Waals surface area contributed by atoms with Gasteiger partial charge >= 0.3 is 0 Å². The van der Waals surface area contributed by atoms with E-state index < -0.39 is 6.23 Å². The summed E-state index contributed by atoms with van der Waals surface area (Å²) in [6, 6.07) is 17.3. The van der Waals surface area contributed by atoms with E-state index in [0.717, 1.165) is 16.9 Å². The number of nitrogens with two attached hydrogens (primary N) is 1. The van der Waals surface area contributed by atoms with E-state index in [1.54, 1.807) is 12.1 Å². The van der Waals surface area contributed by atoms with E-state index in [4.69, 9.17) is 5.73 Å². The first-order valence-corrected chi connectivity index (χ1v) is 8.11. The highest BCUT2D eigenvalue weighted by Crippen LogP contribution is 2.16. The third-order valence-electron chi connectivity index (χ3n) is 3.17. The lowest BCUT2D eigenvalue weighted by Crippen LogP contribution is -2.27. The minimum atomic E-state index is -0.941. The normalized spacial score (nSPS) is 11.4. The standard InChI is InChI=1S/C17H20N2O2S.H2O/c18-17(21)14-8-6-13(7-9-14)10-11-19-16(20)12-22-15-4-2-1-3-5-15;/h1-9,17,21H,10-12,18H2,(H,19,20);1H2. The zero-order valence-corrected chi connectivity index (χ0v) is 13.6. The van der Waals surface area contributed by atoms with E-state index in [9.17, 15) is 9.90 Å². The van der Waals surface area contributed by atoms with Gasteiger partial charge in [-0.25, -0.2) is 0 Å². The zero-order valence-electron chi connectivity index (χ0n) is 12.7. The Morgan fingerprint density at radius 1 is 1.13 bits per heavy atom. The molecule has 6 heteroatoms. The van der Waals surface area contributed by atoms with Gasteiger partial charge in [0, 0.05) is 11.4 Å². The summed E-state index contributed by atoms with van der Waals surface area (Å²) in [5.74, 6) is 0.449. The fourth-order valence-corrected chi connectivity index (χ4v) is 2.69. The van der Waals surface area contributed by atoms with Gasteiger partial charge in [-0.05, 0) is 29.7 Å². The average molecular weight is 334 g/mol. The number of thioether (sulfide) groups is 1. The van der Waals surface area contributed by atoms with Crippen LogP contribution < -0.4 is 11.1 Å². The summed E-state index contributed by atoms with van der Waals surface area (Å²) < 4.78 is 0. The molecule has 2 aromatic carbocycles. The van der Waals surface area contributed by atoms with Crippen molar-refractivity contribution in [2.24, 2.45) is 5.73 Å². The van der Waals surface area contributed by atoms with Crippen LogP contribution in [0.3, 0.4) is 0 Å². The molecule has 0 bridgehead atoms. The first-order valence-electron chi connectivity index (χ1n) is 7.12. The number of carbonyl (C=O) groups is 1. The molecule has 1 amide bonds. The summed E-state index contributed by atoms with van der Waals surface area (Å²) in [6.07, 6.45) is -0.188. The van der Waals surface area contributed by atoms with Crippen molar-refractivity contribution in [2.45, 2.75) is 17.5 Å². The quantitative estimate of drug-likeness (QED) is 0.523. The Hall–Kier alpha value is -1.86. The second-order valence-electron chi connectivity index (χ2n) is 4.89. The average Bonchev–Trinajstić information content (AvgIpc) is 2.54. The summed E-state index contributed by atoms with van der Waals surface area (Å²) >= 11 is 1.53. The molecule has 1 atom stereocenters. The SMILES string of the molecule is NC(O)c1ccc(CCNC(=O)CSc2ccccc2)cc1.O. The van der Waals surface area contributed by atoms with Gasteiger partial charge in [-0.2, -0.15) is 0 Å². The van der Waals surface area contributed by atoms with Crippen LogP contribution in [0.5, 0.6) is 0 Å². The largest absolute Gasteiger partial charge is 0.412 e. The maximum absolute atomic E-state index is 11.8. The minimum absolute atomic E-state index is 0. The first-order chi connectivity index (χ1) is 10.6. The number of amides is 1. The van der Waals surface area contributed by atoms with E-state index in [-0.39, 0.29) is 11.4 Å². The monoisotopic (exact) mass is 334 g/mol. The molecule has 0 aliphatic heterocycles. The molecule has 0 saturated carbocycles. The zero-order chi connectivity index (χ0) is 15.8. The van der Waals surface area contributed by atoms with E-state index in [1.807, 2.05) is 42.5 Å². The van der Waals surface area contributed by atoms with Crippen LogP contribution in [0.2, 0.25) is 0 Å². The van der Waals surface area contributed by atoms with E-state index >= 15 is 0 Å². The Morgan fingerprint density at radius 2 is 1.78 bits per heavy atom. The van der Waals surface area contributed by atoms with Crippen LogP contribution in [0.15, 0.2) is 59.5 Å². The van der Waals surface area contributed by atoms with Crippen molar-refractivity contribution in [1.29, 1.82) is 0 Å². The third kappa shape index (κ3) is 6.83. The molecule has 0 fully saturated rings. The van der Waals surface area contributed by atoms with Crippen molar-refractivity contribution in [2.75, 3.05) is 12.3 Å². The van der Waals surface area contributed by atoms with Crippen molar-refractivity contribution >= 4 is 17.7 Å². The number of carbonyl (C=O) groups excluding carboxylic acids is 1. The van der Waals surface area contributed by atoms with Crippen LogP contribution in [-0.4, -0.2) is 28.8 Å². The maximum Gasteiger partial charge on any atom is 0.230 e. The molecular formula is C17H22N2O3S. The lowest BCUT2D eigenvalue weighted by molar-refractivity contribution is -0.118. The number of aliphatic hydroxyl groups excluding tert-OH is 1. The molecule has 0 heterocycles. The molecule has 6 N–H and O–H groups in total. The molecule has 23 heavy (non-hydrogen) atoms. The smallest absolute Gasteiger partial charge is 0.230 e. The fourth-order valence-electron chi connectivity index (χ4n) is 1.94. The van der Waals surface area contributed by atoms with Crippen molar-refractivity contribution in [3.8, 4) is 0 Å². The molecule has 0 aliphatic rings. The summed E-state index contributed by atoms with van der Waals surface area (Å²) in [4.78, 5) is 12.9. The Morgan fingerprint density at radius 3 is 2.39 bits per heavy atom. The van der Waals surface area contributed by atoms with Gasteiger partial charge in [0.05, 0.1) is 5.75 Å². The molecule has 0 radical (unpaired) electrons. The van der Waals surface area contributed by atoms with Crippen LogP contribution in [0, 0.1) is 0 Å². The highest BCUT2D eigenvalue weighted by molar-refractivity contribution is 8.00. The summed E-state index contributed by atoms with van der Waals surface area (Å²) in [7, 11) is 0. The van der Waals surface area contributed by atoms with Crippen molar-refractivity contribution in [1.82, 2.24) is 5.32 Å². The minimum Gasteiger partial charge on any atom is -0.412 e. The van der Waals surface area contributed by atoms with Crippen LogP contribution in [0.4, 0.5) is 0 Å². The third-order valence-corrected chi connectivity index (χ3v) is 4.18. The number of hydrogen-bond donors (Lipinski definition) is 3. The first kappa shape index (κ1) is 19.2. The summed E-state index contributed by atoms with van der Waals surface area (Å²) in [5.41, 5.74) is 7.17. The number of benzene rings is 2. The topological polar surface area (TPSA) is 107 Å².